The van der Waals surface area contributed by atoms with Gasteiger partial charge in [-0.15, -0.1) is 0 Å². The van der Waals surface area contributed by atoms with E-state index in [1.807, 2.05) is 31.2 Å². The number of nitrogens with zero attached hydrogens (tertiary/aromatic N) is 2. The Labute approximate surface area is 136 Å². The fraction of sp³-hybridized carbons (Fsp3) is 0.333. The van der Waals surface area contributed by atoms with Crippen LogP contribution in [0.5, 0.6) is 0 Å². The summed E-state index contributed by atoms with van der Waals surface area (Å²) in [4.78, 5) is 0. The van der Waals surface area contributed by atoms with Gasteiger partial charge in [0.25, 0.3) is 0 Å². The summed E-state index contributed by atoms with van der Waals surface area (Å²) in [5, 5.41) is 17.6. The molecule has 5 heteroatoms. The molecule has 1 aliphatic rings. The molecule has 5 nitrogen and oxygen atoms in total. The van der Waals surface area contributed by atoms with Crippen molar-refractivity contribution in [1.82, 2.24) is 0 Å². The van der Waals surface area contributed by atoms with E-state index in [4.69, 9.17) is 24.7 Å². The molecule has 1 saturated heterocycles. The summed E-state index contributed by atoms with van der Waals surface area (Å²) in [6, 6.07) is 11.5. The quantitative estimate of drug-likeness (QED) is 0.781. The minimum atomic E-state index is -0.319. The molecule has 0 amide bonds. The largest absolute Gasteiger partial charge is 0.463 e. The van der Waals surface area contributed by atoms with Gasteiger partial charge in [0.2, 0.25) is 5.57 Å². The van der Waals surface area contributed by atoms with Crippen LogP contribution in [0.2, 0.25) is 0 Å². The SMILES string of the molecule is C=Cc1ccc(COCC2(C)COC(=C(C#N)C#N)OC2)cc1. The monoisotopic (exact) mass is 310 g/mol. The van der Waals surface area contributed by atoms with Crippen molar-refractivity contribution in [2.24, 2.45) is 5.41 Å². The van der Waals surface area contributed by atoms with Gasteiger partial charge in [-0.25, -0.2) is 0 Å². The van der Waals surface area contributed by atoms with Crippen molar-refractivity contribution in [3.63, 3.8) is 0 Å². The molecule has 1 heterocycles. The molecule has 0 atom stereocenters. The van der Waals surface area contributed by atoms with E-state index < -0.39 is 0 Å². The highest BCUT2D eigenvalue weighted by molar-refractivity contribution is 5.47. The first-order valence-electron chi connectivity index (χ1n) is 7.19. The maximum absolute atomic E-state index is 8.79. The number of ether oxygens (including phenoxy) is 3. The van der Waals surface area contributed by atoms with Crippen molar-refractivity contribution in [1.29, 1.82) is 10.5 Å². The van der Waals surface area contributed by atoms with Gasteiger partial charge in [-0.05, 0) is 11.1 Å². The van der Waals surface area contributed by atoms with Gasteiger partial charge in [0, 0.05) is 0 Å². The number of nitriles is 2. The van der Waals surface area contributed by atoms with E-state index in [1.54, 1.807) is 18.2 Å². The second-order valence-corrected chi connectivity index (χ2v) is 5.71. The fourth-order valence-electron chi connectivity index (χ4n) is 2.07. The molecule has 0 aliphatic carbocycles. The van der Waals surface area contributed by atoms with Gasteiger partial charge >= 0.3 is 5.95 Å². The van der Waals surface area contributed by atoms with Crippen molar-refractivity contribution in [3.05, 3.63) is 53.5 Å². The maximum Gasteiger partial charge on any atom is 0.309 e. The Bertz CT molecular complexity index is 652. The molecule has 0 aromatic heterocycles. The summed E-state index contributed by atoms with van der Waals surface area (Å²) in [5.74, 6) is 0.00693. The average molecular weight is 310 g/mol. The third-order valence-electron chi connectivity index (χ3n) is 3.47. The standard InChI is InChI=1S/C18H18N2O3/c1-3-14-4-6-15(7-5-14)10-21-11-18(2)12-22-17(23-13-18)16(8-19)9-20/h3-7H,1,10-13H2,2H3. The lowest BCUT2D eigenvalue weighted by molar-refractivity contribution is -0.122. The van der Waals surface area contributed by atoms with Crippen molar-refractivity contribution in [3.8, 4) is 12.1 Å². The summed E-state index contributed by atoms with van der Waals surface area (Å²) in [6.07, 6.45) is 1.80. The van der Waals surface area contributed by atoms with Crippen LogP contribution in [0.25, 0.3) is 6.08 Å². The van der Waals surface area contributed by atoms with E-state index in [2.05, 4.69) is 6.58 Å². The average Bonchev–Trinajstić information content (AvgIpc) is 2.58. The van der Waals surface area contributed by atoms with Gasteiger partial charge in [0.05, 0.1) is 18.6 Å². The third-order valence-corrected chi connectivity index (χ3v) is 3.47. The molecule has 0 N–H and O–H groups in total. The number of allylic oxidation sites excluding steroid dienone is 1. The van der Waals surface area contributed by atoms with Crippen LogP contribution in [-0.4, -0.2) is 19.8 Å². The first-order chi connectivity index (χ1) is 11.1. The summed E-state index contributed by atoms with van der Waals surface area (Å²) in [6.45, 7) is 7.33. The predicted molar refractivity (Wildman–Crippen MR) is 84.5 cm³/mol. The van der Waals surface area contributed by atoms with E-state index in [0.717, 1.165) is 11.1 Å². The molecule has 0 radical (unpaired) electrons. The lowest BCUT2D eigenvalue weighted by atomic mass is 9.93. The highest BCUT2D eigenvalue weighted by Gasteiger charge is 2.33. The molecular weight excluding hydrogens is 292 g/mol. The normalized spacial score (nSPS) is 19.7. The maximum atomic E-state index is 8.79. The summed E-state index contributed by atoms with van der Waals surface area (Å²) >= 11 is 0. The van der Waals surface area contributed by atoms with E-state index in [9.17, 15) is 0 Å². The van der Waals surface area contributed by atoms with E-state index >= 15 is 0 Å². The molecule has 0 saturated carbocycles. The van der Waals surface area contributed by atoms with E-state index in [-0.39, 0.29) is 16.9 Å². The van der Waals surface area contributed by atoms with E-state index in [1.165, 1.54) is 0 Å². The number of benzene rings is 1. The van der Waals surface area contributed by atoms with Gasteiger partial charge < -0.3 is 14.2 Å². The summed E-state index contributed by atoms with van der Waals surface area (Å²) in [7, 11) is 0. The lowest BCUT2D eigenvalue weighted by Gasteiger charge is -2.34. The fourth-order valence-corrected chi connectivity index (χ4v) is 2.07. The molecule has 118 valence electrons. The molecule has 0 bridgehead atoms. The molecule has 0 unspecified atom stereocenters. The molecule has 2 rings (SSSR count). The zero-order valence-electron chi connectivity index (χ0n) is 13.0. The minimum absolute atomic E-state index is 0.00693. The molecule has 1 aromatic carbocycles. The second kappa shape index (κ2) is 7.49. The smallest absolute Gasteiger partial charge is 0.309 e. The Morgan fingerprint density at radius 2 is 1.87 bits per heavy atom. The molecule has 1 aliphatic heterocycles. The predicted octanol–water partition coefficient (Wildman–Crippen LogP) is 3.16. The number of hydrogen-bond donors (Lipinski definition) is 0. The van der Waals surface area contributed by atoms with Crippen LogP contribution in [0.3, 0.4) is 0 Å². The zero-order chi connectivity index (χ0) is 16.7. The van der Waals surface area contributed by atoms with Gasteiger partial charge in [0.15, 0.2) is 0 Å². The second-order valence-electron chi connectivity index (χ2n) is 5.71. The Hall–Kier alpha value is -2.76. The van der Waals surface area contributed by atoms with Gasteiger partial charge in [-0.2, -0.15) is 10.5 Å². The van der Waals surface area contributed by atoms with Crippen LogP contribution in [0, 0.1) is 28.1 Å². The topological polar surface area (TPSA) is 75.3 Å². The Balaban J connectivity index is 1.84. The molecule has 0 spiro atoms. The number of rotatable bonds is 5. The van der Waals surface area contributed by atoms with Crippen molar-refractivity contribution in [2.45, 2.75) is 13.5 Å². The van der Waals surface area contributed by atoms with Gasteiger partial charge in [-0.3, -0.25) is 0 Å². The first-order valence-corrected chi connectivity index (χ1v) is 7.19. The van der Waals surface area contributed by atoms with Crippen LogP contribution < -0.4 is 0 Å². The van der Waals surface area contributed by atoms with Crippen molar-refractivity contribution >= 4 is 6.08 Å². The highest BCUT2D eigenvalue weighted by atomic mass is 16.7. The lowest BCUT2D eigenvalue weighted by Crippen LogP contribution is -2.38. The van der Waals surface area contributed by atoms with Crippen molar-refractivity contribution < 1.29 is 14.2 Å². The van der Waals surface area contributed by atoms with Crippen LogP contribution in [-0.2, 0) is 20.8 Å². The van der Waals surface area contributed by atoms with Crippen molar-refractivity contribution in [2.75, 3.05) is 19.8 Å². The minimum Gasteiger partial charge on any atom is -0.463 e. The summed E-state index contributed by atoms with van der Waals surface area (Å²) in [5.41, 5.74) is 1.68. The summed E-state index contributed by atoms with van der Waals surface area (Å²) < 4.78 is 16.5. The third kappa shape index (κ3) is 4.35. The zero-order valence-corrected chi connectivity index (χ0v) is 13.0. The highest BCUT2D eigenvalue weighted by Crippen LogP contribution is 2.27. The molecule has 1 fully saturated rings. The van der Waals surface area contributed by atoms with Crippen LogP contribution in [0.4, 0.5) is 0 Å². The molecular formula is C18H18N2O3. The Kier molecular flexibility index (Phi) is 5.41. The van der Waals surface area contributed by atoms with Crippen LogP contribution in [0.1, 0.15) is 18.1 Å². The van der Waals surface area contributed by atoms with E-state index in [0.29, 0.717) is 26.4 Å². The van der Waals surface area contributed by atoms with Gasteiger partial charge in [-0.1, -0.05) is 43.8 Å². The van der Waals surface area contributed by atoms with Crippen LogP contribution in [0.15, 0.2) is 42.4 Å². The Morgan fingerprint density at radius 3 is 2.39 bits per heavy atom. The molecule has 23 heavy (non-hydrogen) atoms. The number of hydrogen-bond acceptors (Lipinski definition) is 5. The van der Waals surface area contributed by atoms with Gasteiger partial charge in [0.1, 0.15) is 25.4 Å². The van der Waals surface area contributed by atoms with Crippen LogP contribution >= 0.6 is 0 Å². The Morgan fingerprint density at radius 1 is 1.26 bits per heavy atom. The first kappa shape index (κ1) is 16.6. The molecule has 1 aromatic rings.